The van der Waals surface area contributed by atoms with Crippen LogP contribution in [0, 0.1) is 5.92 Å². The van der Waals surface area contributed by atoms with E-state index in [-0.39, 0.29) is 24.2 Å². The van der Waals surface area contributed by atoms with Crippen LogP contribution in [-0.2, 0) is 11.2 Å². The lowest BCUT2D eigenvalue weighted by Gasteiger charge is -2.27. The van der Waals surface area contributed by atoms with Crippen LogP contribution in [0.5, 0.6) is 5.75 Å². The molecule has 2 N–H and O–H groups in total. The van der Waals surface area contributed by atoms with E-state index < -0.39 is 0 Å². The van der Waals surface area contributed by atoms with Gasteiger partial charge >= 0.3 is 0 Å². The molecule has 4 nitrogen and oxygen atoms in total. The maximum absolute atomic E-state index is 12.2. The van der Waals surface area contributed by atoms with Crippen molar-refractivity contribution in [1.29, 1.82) is 0 Å². The van der Waals surface area contributed by atoms with E-state index in [1.54, 1.807) is 0 Å². The molecule has 24 heavy (non-hydrogen) atoms. The monoisotopic (exact) mass is 354 g/mol. The van der Waals surface area contributed by atoms with E-state index >= 15 is 0 Å². The van der Waals surface area contributed by atoms with Gasteiger partial charge < -0.3 is 15.4 Å². The molecule has 136 valence electrons. The summed E-state index contributed by atoms with van der Waals surface area (Å²) in [5.41, 5.74) is 1.23. The molecule has 5 heteroatoms. The number of rotatable bonds is 8. The van der Waals surface area contributed by atoms with Gasteiger partial charge in [0.25, 0.3) is 0 Å². The summed E-state index contributed by atoms with van der Waals surface area (Å²) in [6.45, 7) is 6.72. The Morgan fingerprint density at radius 3 is 2.75 bits per heavy atom. The average Bonchev–Trinajstić information content (AvgIpc) is 2.56. The highest BCUT2D eigenvalue weighted by Crippen LogP contribution is 2.16. The van der Waals surface area contributed by atoms with E-state index in [4.69, 9.17) is 4.74 Å². The molecule has 1 aliphatic rings. The molecule has 1 heterocycles. The second-order valence-corrected chi connectivity index (χ2v) is 6.46. The van der Waals surface area contributed by atoms with Gasteiger partial charge in [-0.15, -0.1) is 12.4 Å². The van der Waals surface area contributed by atoms with Crippen LogP contribution in [0.3, 0.4) is 0 Å². The second-order valence-electron chi connectivity index (χ2n) is 6.46. The van der Waals surface area contributed by atoms with Crippen molar-refractivity contribution in [2.75, 3.05) is 19.7 Å². The summed E-state index contributed by atoms with van der Waals surface area (Å²) in [6, 6.07) is 8.64. The standard InChI is InChI=1S/C19H30N2O2.ClH/c1-3-4-13-23-18-7-5-16(6-8-18)9-11-21-19(22)17-10-12-20-15(2)14-17;/h5-8,15,17,20H,3-4,9-14H2,1-2H3,(H,21,22);1H/t15-,17-;/m0./s1. The number of ether oxygens (including phenoxy) is 1. The first kappa shape index (κ1) is 20.8. The minimum absolute atomic E-state index is 0. The number of hydrogen-bond donors (Lipinski definition) is 2. The van der Waals surface area contributed by atoms with Crippen LogP contribution in [0.15, 0.2) is 24.3 Å². The van der Waals surface area contributed by atoms with Crippen molar-refractivity contribution in [3.8, 4) is 5.75 Å². The minimum atomic E-state index is 0. The molecular formula is C19H31ClN2O2. The Balaban J connectivity index is 0.00000288. The van der Waals surface area contributed by atoms with Gasteiger partial charge in [0.15, 0.2) is 0 Å². The van der Waals surface area contributed by atoms with Crippen LogP contribution in [0.4, 0.5) is 0 Å². The molecule has 0 saturated carbocycles. The van der Waals surface area contributed by atoms with Gasteiger partial charge in [0.1, 0.15) is 5.75 Å². The Morgan fingerprint density at radius 2 is 2.08 bits per heavy atom. The van der Waals surface area contributed by atoms with Crippen LogP contribution in [0.1, 0.15) is 45.1 Å². The van der Waals surface area contributed by atoms with Crippen molar-refractivity contribution >= 4 is 18.3 Å². The minimum Gasteiger partial charge on any atom is -0.494 e. The summed E-state index contributed by atoms with van der Waals surface area (Å²) in [4.78, 5) is 12.2. The van der Waals surface area contributed by atoms with E-state index in [2.05, 4.69) is 36.6 Å². The van der Waals surface area contributed by atoms with Crippen LogP contribution in [-0.4, -0.2) is 31.6 Å². The first-order chi connectivity index (χ1) is 11.2. The number of halogens is 1. The van der Waals surface area contributed by atoms with Crippen molar-refractivity contribution in [2.45, 2.75) is 52.0 Å². The highest BCUT2D eigenvalue weighted by Gasteiger charge is 2.24. The van der Waals surface area contributed by atoms with Crippen LogP contribution >= 0.6 is 12.4 Å². The Bertz CT molecular complexity index is 479. The molecule has 1 aromatic rings. The van der Waals surface area contributed by atoms with E-state index in [1.165, 1.54) is 5.56 Å². The zero-order valence-electron chi connectivity index (χ0n) is 14.8. The predicted molar refractivity (Wildman–Crippen MR) is 101 cm³/mol. The van der Waals surface area contributed by atoms with Crippen LogP contribution in [0.25, 0.3) is 0 Å². The van der Waals surface area contributed by atoms with E-state index in [0.717, 1.165) is 51.0 Å². The number of amides is 1. The van der Waals surface area contributed by atoms with Crippen LogP contribution < -0.4 is 15.4 Å². The van der Waals surface area contributed by atoms with Crippen molar-refractivity contribution in [2.24, 2.45) is 5.92 Å². The van der Waals surface area contributed by atoms with Gasteiger partial charge in [0.05, 0.1) is 6.61 Å². The Hall–Kier alpha value is -1.26. The Morgan fingerprint density at radius 1 is 1.33 bits per heavy atom. The number of benzene rings is 1. The summed E-state index contributed by atoms with van der Waals surface area (Å²) in [5, 5.41) is 6.46. The SMILES string of the molecule is CCCCOc1ccc(CCNC(=O)[C@H]2CCN[C@@H](C)C2)cc1.Cl. The summed E-state index contributed by atoms with van der Waals surface area (Å²) in [6.07, 6.45) is 4.98. The van der Waals surface area contributed by atoms with Gasteiger partial charge in [-0.1, -0.05) is 25.5 Å². The normalized spacial score (nSPS) is 20.1. The van der Waals surface area contributed by atoms with Crippen molar-refractivity contribution < 1.29 is 9.53 Å². The average molecular weight is 355 g/mol. The van der Waals surface area contributed by atoms with Gasteiger partial charge in [0, 0.05) is 18.5 Å². The van der Waals surface area contributed by atoms with E-state index in [0.29, 0.717) is 12.6 Å². The summed E-state index contributed by atoms with van der Waals surface area (Å²) < 4.78 is 5.66. The van der Waals surface area contributed by atoms with Crippen molar-refractivity contribution in [3.63, 3.8) is 0 Å². The van der Waals surface area contributed by atoms with E-state index in [9.17, 15) is 4.79 Å². The molecule has 1 saturated heterocycles. The lowest BCUT2D eigenvalue weighted by molar-refractivity contribution is -0.126. The molecular weight excluding hydrogens is 324 g/mol. The molecule has 0 spiro atoms. The summed E-state index contributed by atoms with van der Waals surface area (Å²) in [7, 11) is 0. The number of hydrogen-bond acceptors (Lipinski definition) is 3. The third-order valence-electron chi connectivity index (χ3n) is 4.40. The molecule has 0 radical (unpaired) electrons. The van der Waals surface area contributed by atoms with Crippen LogP contribution in [0.2, 0.25) is 0 Å². The van der Waals surface area contributed by atoms with Gasteiger partial charge in [-0.2, -0.15) is 0 Å². The lowest BCUT2D eigenvalue weighted by Crippen LogP contribution is -2.42. The smallest absolute Gasteiger partial charge is 0.223 e. The number of piperidine rings is 1. The molecule has 1 aromatic carbocycles. The molecule has 1 amide bonds. The highest BCUT2D eigenvalue weighted by molar-refractivity contribution is 5.85. The largest absolute Gasteiger partial charge is 0.494 e. The molecule has 2 rings (SSSR count). The Labute approximate surface area is 152 Å². The number of carbonyl (C=O) groups excluding carboxylic acids is 1. The van der Waals surface area contributed by atoms with Gasteiger partial charge in [0.2, 0.25) is 5.91 Å². The Kier molecular flexibility index (Phi) is 9.80. The predicted octanol–water partition coefficient (Wildman–Crippen LogP) is 3.33. The fourth-order valence-corrected chi connectivity index (χ4v) is 2.93. The third kappa shape index (κ3) is 7.10. The number of unbranched alkanes of at least 4 members (excludes halogenated alkanes) is 1. The summed E-state index contributed by atoms with van der Waals surface area (Å²) in [5.74, 6) is 1.30. The molecule has 0 aromatic heterocycles. The molecule has 0 bridgehead atoms. The number of carbonyl (C=O) groups is 1. The fourth-order valence-electron chi connectivity index (χ4n) is 2.93. The van der Waals surface area contributed by atoms with Gasteiger partial charge in [-0.05, 0) is 56.8 Å². The highest BCUT2D eigenvalue weighted by atomic mass is 35.5. The fraction of sp³-hybridized carbons (Fsp3) is 0.632. The second kappa shape index (κ2) is 11.3. The molecule has 1 fully saturated rings. The molecule has 0 aliphatic carbocycles. The molecule has 2 atom stereocenters. The van der Waals surface area contributed by atoms with Gasteiger partial charge in [-0.3, -0.25) is 4.79 Å². The molecule has 1 aliphatic heterocycles. The number of nitrogens with one attached hydrogen (secondary N) is 2. The zero-order valence-corrected chi connectivity index (χ0v) is 15.7. The summed E-state index contributed by atoms with van der Waals surface area (Å²) >= 11 is 0. The first-order valence-electron chi connectivity index (χ1n) is 8.92. The zero-order chi connectivity index (χ0) is 16.5. The lowest BCUT2D eigenvalue weighted by atomic mass is 9.92. The van der Waals surface area contributed by atoms with E-state index in [1.807, 2.05) is 12.1 Å². The van der Waals surface area contributed by atoms with Crippen molar-refractivity contribution in [3.05, 3.63) is 29.8 Å². The first-order valence-corrected chi connectivity index (χ1v) is 8.92. The quantitative estimate of drug-likeness (QED) is 0.704. The maximum Gasteiger partial charge on any atom is 0.223 e. The van der Waals surface area contributed by atoms with Gasteiger partial charge in [-0.25, -0.2) is 0 Å². The molecule has 0 unspecified atom stereocenters. The topological polar surface area (TPSA) is 50.4 Å². The third-order valence-corrected chi connectivity index (χ3v) is 4.40. The van der Waals surface area contributed by atoms with Crippen molar-refractivity contribution in [1.82, 2.24) is 10.6 Å². The maximum atomic E-state index is 12.2.